The molecule has 0 N–H and O–H groups in total. The van der Waals surface area contributed by atoms with Crippen LogP contribution in [0.25, 0.3) is 11.1 Å². The Balaban J connectivity index is 1.97. The molecule has 0 spiro atoms. The van der Waals surface area contributed by atoms with E-state index in [4.69, 9.17) is 4.74 Å². The highest BCUT2D eigenvalue weighted by molar-refractivity contribution is 5.94. The van der Waals surface area contributed by atoms with E-state index in [-0.39, 0.29) is 5.78 Å². The molecule has 3 rings (SSSR count). The Morgan fingerprint density at radius 1 is 0.923 bits per heavy atom. The van der Waals surface area contributed by atoms with Gasteiger partial charge in [0.1, 0.15) is 5.75 Å². The van der Waals surface area contributed by atoms with E-state index in [9.17, 15) is 4.79 Å². The molecule has 0 heterocycles. The predicted molar refractivity (Wildman–Crippen MR) is 104 cm³/mol. The minimum atomic E-state index is 0.0541. The van der Waals surface area contributed by atoms with Crippen molar-refractivity contribution in [2.75, 3.05) is 7.11 Å². The number of nitrogens with zero attached hydrogens (tertiary/aromatic N) is 2. The second-order valence-corrected chi connectivity index (χ2v) is 6.06. The van der Waals surface area contributed by atoms with Gasteiger partial charge < -0.3 is 4.74 Å². The SMILES string of the molecule is COc1cccc(/N=N/c2cc(C)ccc2-c2ccc(C(C)=O)cc2)c1. The summed E-state index contributed by atoms with van der Waals surface area (Å²) in [5.41, 5.74) is 5.27. The molecule has 0 saturated carbocycles. The van der Waals surface area contributed by atoms with Gasteiger partial charge in [-0.1, -0.05) is 42.5 Å². The van der Waals surface area contributed by atoms with Gasteiger partial charge in [0, 0.05) is 17.2 Å². The van der Waals surface area contributed by atoms with Crippen LogP contribution in [0, 0.1) is 6.92 Å². The average Bonchev–Trinajstić information content (AvgIpc) is 2.66. The lowest BCUT2D eigenvalue weighted by atomic mass is 10.00. The van der Waals surface area contributed by atoms with E-state index in [1.54, 1.807) is 14.0 Å². The first kappa shape index (κ1) is 17.5. The summed E-state index contributed by atoms with van der Waals surface area (Å²) < 4.78 is 5.22. The molecule has 0 aromatic heterocycles. The summed E-state index contributed by atoms with van der Waals surface area (Å²) in [6.07, 6.45) is 0. The van der Waals surface area contributed by atoms with Crippen LogP contribution in [0.3, 0.4) is 0 Å². The zero-order chi connectivity index (χ0) is 18.5. The van der Waals surface area contributed by atoms with Crippen molar-refractivity contribution in [1.82, 2.24) is 0 Å². The zero-order valence-corrected chi connectivity index (χ0v) is 15.1. The minimum Gasteiger partial charge on any atom is -0.497 e. The Labute approximate surface area is 153 Å². The molecule has 3 aromatic carbocycles. The largest absolute Gasteiger partial charge is 0.497 e. The van der Waals surface area contributed by atoms with E-state index in [2.05, 4.69) is 10.2 Å². The van der Waals surface area contributed by atoms with Gasteiger partial charge in [0.15, 0.2) is 5.78 Å². The number of benzene rings is 3. The standard InChI is InChI=1S/C22H20N2O2/c1-15-7-12-21(18-10-8-17(9-11-18)16(2)25)22(13-15)24-23-19-5-4-6-20(14-19)26-3/h4-14H,1-3H3/b24-23+. The zero-order valence-electron chi connectivity index (χ0n) is 15.1. The van der Waals surface area contributed by atoms with Crippen LogP contribution < -0.4 is 4.74 Å². The van der Waals surface area contributed by atoms with E-state index in [1.165, 1.54) is 0 Å². The third-order valence-electron chi connectivity index (χ3n) is 4.08. The fourth-order valence-corrected chi connectivity index (χ4v) is 2.64. The van der Waals surface area contributed by atoms with Crippen molar-refractivity contribution >= 4 is 17.2 Å². The Bertz CT molecular complexity index is 960. The molecule has 0 aliphatic heterocycles. The monoisotopic (exact) mass is 344 g/mol. The number of carbonyl (C=O) groups excluding carboxylic acids is 1. The fraction of sp³-hybridized carbons (Fsp3) is 0.136. The fourth-order valence-electron chi connectivity index (χ4n) is 2.64. The van der Waals surface area contributed by atoms with E-state index in [0.717, 1.165) is 33.8 Å². The maximum Gasteiger partial charge on any atom is 0.159 e. The number of hydrogen-bond acceptors (Lipinski definition) is 4. The second kappa shape index (κ2) is 7.74. The Kier molecular flexibility index (Phi) is 5.23. The van der Waals surface area contributed by atoms with Crippen LogP contribution >= 0.6 is 0 Å². The molecule has 0 radical (unpaired) electrons. The van der Waals surface area contributed by atoms with Crippen LogP contribution in [0.5, 0.6) is 5.75 Å². The van der Waals surface area contributed by atoms with Gasteiger partial charge in [-0.3, -0.25) is 4.79 Å². The van der Waals surface area contributed by atoms with Crippen molar-refractivity contribution in [3.63, 3.8) is 0 Å². The normalized spacial score (nSPS) is 10.9. The number of ether oxygens (including phenoxy) is 1. The van der Waals surface area contributed by atoms with Crippen LogP contribution in [0.15, 0.2) is 77.0 Å². The summed E-state index contributed by atoms with van der Waals surface area (Å²) in [5, 5.41) is 8.80. The summed E-state index contributed by atoms with van der Waals surface area (Å²) in [5.74, 6) is 0.795. The van der Waals surface area contributed by atoms with Crippen LogP contribution in [-0.2, 0) is 0 Å². The topological polar surface area (TPSA) is 51.0 Å². The van der Waals surface area contributed by atoms with Crippen molar-refractivity contribution in [1.29, 1.82) is 0 Å². The molecule has 26 heavy (non-hydrogen) atoms. The van der Waals surface area contributed by atoms with Crippen LogP contribution in [0.4, 0.5) is 11.4 Å². The van der Waals surface area contributed by atoms with E-state index >= 15 is 0 Å². The third kappa shape index (κ3) is 4.03. The van der Waals surface area contributed by atoms with Crippen molar-refractivity contribution in [3.05, 3.63) is 77.9 Å². The molecule has 4 heteroatoms. The van der Waals surface area contributed by atoms with Crippen molar-refractivity contribution in [3.8, 4) is 16.9 Å². The molecule has 0 amide bonds. The van der Waals surface area contributed by atoms with Gasteiger partial charge in [0.05, 0.1) is 18.5 Å². The highest BCUT2D eigenvalue weighted by Gasteiger charge is 2.07. The molecular formula is C22H20N2O2. The summed E-state index contributed by atoms with van der Waals surface area (Å²) >= 11 is 0. The highest BCUT2D eigenvalue weighted by Crippen LogP contribution is 2.33. The molecule has 0 fully saturated rings. The van der Waals surface area contributed by atoms with Crippen molar-refractivity contribution in [2.24, 2.45) is 10.2 Å². The molecular weight excluding hydrogens is 324 g/mol. The Morgan fingerprint density at radius 2 is 1.69 bits per heavy atom. The molecule has 0 aliphatic carbocycles. The quantitative estimate of drug-likeness (QED) is 0.403. The van der Waals surface area contributed by atoms with E-state index in [0.29, 0.717) is 5.56 Å². The molecule has 0 saturated heterocycles. The third-order valence-corrected chi connectivity index (χ3v) is 4.08. The molecule has 0 atom stereocenters. The number of carbonyl (C=O) groups is 1. The summed E-state index contributed by atoms with van der Waals surface area (Å²) in [4.78, 5) is 11.5. The number of azo groups is 1. The first-order valence-corrected chi connectivity index (χ1v) is 8.34. The van der Waals surface area contributed by atoms with Gasteiger partial charge in [-0.15, -0.1) is 5.11 Å². The number of ketones is 1. The van der Waals surface area contributed by atoms with E-state index < -0.39 is 0 Å². The maximum absolute atomic E-state index is 11.5. The van der Waals surface area contributed by atoms with Gasteiger partial charge in [0.25, 0.3) is 0 Å². The second-order valence-electron chi connectivity index (χ2n) is 6.06. The molecule has 0 unspecified atom stereocenters. The molecule has 4 nitrogen and oxygen atoms in total. The van der Waals surface area contributed by atoms with Crippen molar-refractivity contribution < 1.29 is 9.53 Å². The number of hydrogen-bond donors (Lipinski definition) is 0. The van der Waals surface area contributed by atoms with Gasteiger partial charge in [-0.05, 0) is 43.2 Å². The summed E-state index contributed by atoms with van der Waals surface area (Å²) in [7, 11) is 1.62. The lowest BCUT2D eigenvalue weighted by Crippen LogP contribution is -1.91. The average molecular weight is 344 g/mol. The summed E-state index contributed by atoms with van der Waals surface area (Å²) in [6.45, 7) is 3.59. The lowest BCUT2D eigenvalue weighted by Gasteiger charge is -2.07. The van der Waals surface area contributed by atoms with Gasteiger partial charge in [-0.2, -0.15) is 5.11 Å². The number of Topliss-reactive ketones (excluding diaryl/α,β-unsaturated/α-hetero) is 1. The maximum atomic E-state index is 11.5. The highest BCUT2D eigenvalue weighted by atomic mass is 16.5. The lowest BCUT2D eigenvalue weighted by molar-refractivity contribution is 0.101. The first-order chi connectivity index (χ1) is 12.6. The minimum absolute atomic E-state index is 0.0541. The smallest absolute Gasteiger partial charge is 0.159 e. The van der Waals surface area contributed by atoms with Crippen LogP contribution in [-0.4, -0.2) is 12.9 Å². The Hall–Kier alpha value is -3.27. The van der Waals surface area contributed by atoms with Gasteiger partial charge in [-0.25, -0.2) is 0 Å². The molecule has 0 aliphatic rings. The van der Waals surface area contributed by atoms with Gasteiger partial charge in [0.2, 0.25) is 0 Å². The van der Waals surface area contributed by atoms with Gasteiger partial charge >= 0.3 is 0 Å². The first-order valence-electron chi connectivity index (χ1n) is 8.34. The molecule has 0 bridgehead atoms. The number of methoxy groups -OCH3 is 1. The van der Waals surface area contributed by atoms with E-state index in [1.807, 2.05) is 73.7 Å². The molecule has 130 valence electrons. The van der Waals surface area contributed by atoms with Crippen LogP contribution in [0.1, 0.15) is 22.8 Å². The number of rotatable bonds is 5. The van der Waals surface area contributed by atoms with Crippen molar-refractivity contribution in [2.45, 2.75) is 13.8 Å². The number of aryl methyl sites for hydroxylation is 1. The predicted octanol–water partition coefficient (Wildman–Crippen LogP) is 6.29. The summed E-state index contributed by atoms with van der Waals surface area (Å²) in [6, 6.07) is 21.1. The Morgan fingerprint density at radius 3 is 2.38 bits per heavy atom. The molecule has 3 aromatic rings. The van der Waals surface area contributed by atoms with Crippen LogP contribution in [0.2, 0.25) is 0 Å².